The summed E-state index contributed by atoms with van der Waals surface area (Å²) in [5, 5.41) is 0. The van der Waals surface area contributed by atoms with Gasteiger partial charge in [0.1, 0.15) is 0 Å². The average molecular weight is 225 g/mol. The molecule has 0 aliphatic carbocycles. The highest BCUT2D eigenvalue weighted by Gasteiger charge is 2.35. The number of imide groups is 1. The minimum Gasteiger partial charge on any atom is -0.469 e. The highest BCUT2D eigenvalue weighted by molar-refractivity contribution is 6.18. The molecular formula is C11H15NO4. The van der Waals surface area contributed by atoms with Crippen molar-refractivity contribution < 1.29 is 19.1 Å². The first kappa shape index (κ1) is 12.4. The molecule has 1 atom stereocenters. The summed E-state index contributed by atoms with van der Waals surface area (Å²) in [6.07, 6.45) is 0. The summed E-state index contributed by atoms with van der Waals surface area (Å²) in [4.78, 5) is 35.6. The van der Waals surface area contributed by atoms with Crippen molar-refractivity contribution in [2.45, 2.75) is 20.8 Å². The molecule has 5 heteroatoms. The van der Waals surface area contributed by atoms with Crippen LogP contribution in [0, 0.1) is 5.92 Å². The zero-order valence-electron chi connectivity index (χ0n) is 9.86. The number of ether oxygens (including phenoxy) is 1. The molecule has 88 valence electrons. The van der Waals surface area contributed by atoms with Crippen LogP contribution in [0.1, 0.15) is 20.8 Å². The van der Waals surface area contributed by atoms with Crippen LogP contribution < -0.4 is 0 Å². The van der Waals surface area contributed by atoms with E-state index in [1.165, 1.54) is 7.11 Å². The van der Waals surface area contributed by atoms with E-state index in [9.17, 15) is 14.4 Å². The third kappa shape index (κ3) is 1.98. The Bertz CT molecular complexity index is 359. The lowest BCUT2D eigenvalue weighted by Crippen LogP contribution is -2.37. The fraction of sp³-hybridized carbons (Fsp3) is 0.545. The van der Waals surface area contributed by atoms with Gasteiger partial charge in [0, 0.05) is 17.7 Å². The second kappa shape index (κ2) is 4.47. The van der Waals surface area contributed by atoms with Gasteiger partial charge in [-0.2, -0.15) is 0 Å². The molecule has 1 aliphatic rings. The second-order valence-electron chi connectivity index (χ2n) is 3.90. The van der Waals surface area contributed by atoms with Crippen molar-refractivity contribution in [1.82, 2.24) is 4.90 Å². The Kier molecular flexibility index (Phi) is 3.47. The molecule has 1 aliphatic heterocycles. The van der Waals surface area contributed by atoms with Crippen molar-refractivity contribution >= 4 is 17.8 Å². The summed E-state index contributed by atoms with van der Waals surface area (Å²) in [7, 11) is 1.28. The van der Waals surface area contributed by atoms with E-state index in [1.807, 2.05) is 0 Å². The molecule has 0 fully saturated rings. The van der Waals surface area contributed by atoms with Crippen LogP contribution in [-0.4, -0.2) is 36.3 Å². The van der Waals surface area contributed by atoms with E-state index in [4.69, 9.17) is 0 Å². The molecule has 0 bridgehead atoms. The normalized spacial score (nSPS) is 18.1. The van der Waals surface area contributed by atoms with Crippen molar-refractivity contribution in [2.75, 3.05) is 13.7 Å². The van der Waals surface area contributed by atoms with Crippen LogP contribution in [-0.2, 0) is 19.1 Å². The average Bonchev–Trinajstić information content (AvgIpc) is 2.45. The van der Waals surface area contributed by atoms with Gasteiger partial charge in [-0.1, -0.05) is 6.92 Å². The summed E-state index contributed by atoms with van der Waals surface area (Å²) in [5.41, 5.74) is 0.893. The summed E-state index contributed by atoms with van der Waals surface area (Å²) < 4.78 is 4.54. The molecule has 5 nitrogen and oxygen atoms in total. The molecule has 2 amide bonds. The lowest BCUT2D eigenvalue weighted by Gasteiger charge is -2.18. The van der Waals surface area contributed by atoms with Crippen molar-refractivity contribution in [2.24, 2.45) is 5.92 Å². The van der Waals surface area contributed by atoms with Crippen LogP contribution in [0.25, 0.3) is 0 Å². The predicted molar refractivity (Wildman–Crippen MR) is 56.3 cm³/mol. The Morgan fingerprint density at radius 3 is 2.06 bits per heavy atom. The lowest BCUT2D eigenvalue weighted by atomic mass is 10.1. The second-order valence-corrected chi connectivity index (χ2v) is 3.90. The van der Waals surface area contributed by atoms with Gasteiger partial charge >= 0.3 is 5.97 Å². The molecule has 0 saturated heterocycles. The van der Waals surface area contributed by atoms with E-state index in [-0.39, 0.29) is 18.4 Å². The third-order valence-corrected chi connectivity index (χ3v) is 2.75. The first-order valence-corrected chi connectivity index (χ1v) is 5.01. The topological polar surface area (TPSA) is 63.7 Å². The SMILES string of the molecule is COC(=O)C(C)CN1C(=O)C(C)=C(C)C1=O. The first-order chi connectivity index (χ1) is 7.40. The number of amides is 2. The Morgan fingerprint density at radius 1 is 1.25 bits per heavy atom. The maximum absolute atomic E-state index is 11.7. The molecule has 0 N–H and O–H groups in total. The number of carbonyl (C=O) groups is 3. The van der Waals surface area contributed by atoms with Gasteiger partial charge in [0.05, 0.1) is 13.0 Å². The van der Waals surface area contributed by atoms with E-state index in [1.54, 1.807) is 20.8 Å². The Morgan fingerprint density at radius 2 is 1.69 bits per heavy atom. The number of methoxy groups -OCH3 is 1. The van der Waals surface area contributed by atoms with Gasteiger partial charge in [0.15, 0.2) is 0 Å². The van der Waals surface area contributed by atoms with Gasteiger partial charge < -0.3 is 4.74 Å². The van der Waals surface area contributed by atoms with E-state index in [0.29, 0.717) is 11.1 Å². The van der Waals surface area contributed by atoms with Gasteiger partial charge in [-0.05, 0) is 13.8 Å². The fourth-order valence-electron chi connectivity index (χ4n) is 1.53. The van der Waals surface area contributed by atoms with Crippen molar-refractivity contribution in [3.05, 3.63) is 11.1 Å². The Balaban J connectivity index is 2.76. The zero-order valence-corrected chi connectivity index (χ0v) is 9.86. The summed E-state index contributed by atoms with van der Waals surface area (Å²) >= 11 is 0. The summed E-state index contributed by atoms with van der Waals surface area (Å²) in [6.45, 7) is 4.91. The number of esters is 1. The van der Waals surface area contributed by atoms with Crippen LogP contribution >= 0.6 is 0 Å². The standard InChI is InChI=1S/C11H15NO4/c1-6(11(15)16-4)5-12-9(13)7(2)8(3)10(12)14/h6H,5H2,1-4H3. The molecule has 16 heavy (non-hydrogen) atoms. The molecule has 0 aromatic carbocycles. The Labute approximate surface area is 94.1 Å². The molecule has 0 aromatic heterocycles. The van der Waals surface area contributed by atoms with Gasteiger partial charge in [-0.25, -0.2) is 0 Å². The third-order valence-electron chi connectivity index (χ3n) is 2.75. The summed E-state index contributed by atoms with van der Waals surface area (Å²) in [5.74, 6) is -1.57. The smallest absolute Gasteiger partial charge is 0.310 e. The van der Waals surface area contributed by atoms with Gasteiger partial charge in [-0.15, -0.1) is 0 Å². The van der Waals surface area contributed by atoms with E-state index in [0.717, 1.165) is 4.90 Å². The summed E-state index contributed by atoms with van der Waals surface area (Å²) in [6, 6.07) is 0. The number of nitrogens with zero attached hydrogens (tertiary/aromatic N) is 1. The van der Waals surface area contributed by atoms with Crippen LogP contribution in [0.4, 0.5) is 0 Å². The quantitative estimate of drug-likeness (QED) is 0.518. The zero-order chi connectivity index (χ0) is 12.5. The van der Waals surface area contributed by atoms with Gasteiger partial charge in [0.25, 0.3) is 11.8 Å². The first-order valence-electron chi connectivity index (χ1n) is 5.01. The lowest BCUT2D eigenvalue weighted by molar-refractivity contribution is -0.147. The van der Waals surface area contributed by atoms with Crippen LogP contribution in [0.2, 0.25) is 0 Å². The minimum absolute atomic E-state index is 0.0685. The Hall–Kier alpha value is -1.65. The maximum Gasteiger partial charge on any atom is 0.310 e. The van der Waals surface area contributed by atoms with E-state index in [2.05, 4.69) is 4.74 Å². The molecule has 0 radical (unpaired) electrons. The van der Waals surface area contributed by atoms with Crippen LogP contribution in [0.5, 0.6) is 0 Å². The van der Waals surface area contributed by atoms with E-state index < -0.39 is 11.9 Å². The highest BCUT2D eigenvalue weighted by atomic mass is 16.5. The van der Waals surface area contributed by atoms with E-state index >= 15 is 0 Å². The molecule has 1 heterocycles. The maximum atomic E-state index is 11.7. The van der Waals surface area contributed by atoms with Crippen LogP contribution in [0.15, 0.2) is 11.1 Å². The number of carbonyl (C=O) groups excluding carboxylic acids is 3. The largest absolute Gasteiger partial charge is 0.469 e. The molecule has 0 spiro atoms. The molecule has 1 rings (SSSR count). The van der Waals surface area contributed by atoms with Crippen LogP contribution in [0.3, 0.4) is 0 Å². The van der Waals surface area contributed by atoms with Crippen molar-refractivity contribution in [3.8, 4) is 0 Å². The molecular weight excluding hydrogens is 210 g/mol. The minimum atomic E-state index is -0.503. The number of hydrogen-bond acceptors (Lipinski definition) is 4. The number of hydrogen-bond donors (Lipinski definition) is 0. The van der Waals surface area contributed by atoms with Crippen molar-refractivity contribution in [1.29, 1.82) is 0 Å². The van der Waals surface area contributed by atoms with Gasteiger partial charge in [0.2, 0.25) is 0 Å². The monoisotopic (exact) mass is 225 g/mol. The van der Waals surface area contributed by atoms with Gasteiger partial charge in [-0.3, -0.25) is 19.3 Å². The molecule has 1 unspecified atom stereocenters. The predicted octanol–water partition coefficient (Wildman–Crippen LogP) is 0.501. The number of rotatable bonds is 3. The van der Waals surface area contributed by atoms with Crippen molar-refractivity contribution in [3.63, 3.8) is 0 Å². The molecule has 0 saturated carbocycles. The highest BCUT2D eigenvalue weighted by Crippen LogP contribution is 2.20. The fourth-order valence-corrected chi connectivity index (χ4v) is 1.53. The molecule has 0 aromatic rings.